The summed E-state index contributed by atoms with van der Waals surface area (Å²) in [6.45, 7) is 2.26. The van der Waals surface area contributed by atoms with Gasteiger partial charge in [0.25, 0.3) is 0 Å². The third kappa shape index (κ3) is 6.91. The summed E-state index contributed by atoms with van der Waals surface area (Å²) in [6, 6.07) is 0.576. The molecular weight excluding hydrogens is 184 g/mol. The number of hydrogen-bond donors (Lipinski definition) is 2. The van der Waals surface area contributed by atoms with Crippen LogP contribution in [0.15, 0.2) is 0 Å². The second kappa shape index (κ2) is 8.12. The molecule has 0 amide bonds. The highest BCUT2D eigenvalue weighted by atomic mass is 15.2. The summed E-state index contributed by atoms with van der Waals surface area (Å²) in [5.74, 6) is 6.61. The van der Waals surface area contributed by atoms with Gasteiger partial charge in [0, 0.05) is 6.04 Å². The fourth-order valence-electron chi connectivity index (χ4n) is 2.15. The van der Waals surface area contributed by atoms with Gasteiger partial charge in [-0.25, -0.2) is 0 Å². The molecule has 1 rings (SSSR count). The molecule has 0 radical (unpaired) electrons. The lowest BCUT2D eigenvalue weighted by molar-refractivity contribution is 0.420. The minimum Gasteiger partial charge on any atom is -0.271 e. The molecule has 90 valence electrons. The Balaban J connectivity index is 1.90. The molecule has 1 aliphatic carbocycles. The van der Waals surface area contributed by atoms with Gasteiger partial charge in [-0.2, -0.15) is 0 Å². The zero-order chi connectivity index (χ0) is 10.9. The summed E-state index contributed by atoms with van der Waals surface area (Å²) in [4.78, 5) is 0. The minimum absolute atomic E-state index is 0.576. The first-order valence-corrected chi connectivity index (χ1v) is 6.83. The lowest BCUT2D eigenvalue weighted by Crippen LogP contribution is -2.35. The zero-order valence-electron chi connectivity index (χ0n) is 10.3. The molecule has 0 aromatic rings. The Labute approximate surface area is 95.0 Å². The summed E-state index contributed by atoms with van der Waals surface area (Å²) in [7, 11) is 0. The normalized spacial score (nSPS) is 18.0. The van der Waals surface area contributed by atoms with E-state index >= 15 is 0 Å². The number of hydrazine groups is 1. The van der Waals surface area contributed by atoms with Gasteiger partial charge in [0.1, 0.15) is 0 Å². The molecule has 0 bridgehead atoms. The summed E-state index contributed by atoms with van der Waals surface area (Å²) in [5.41, 5.74) is 2.98. The highest BCUT2D eigenvalue weighted by Crippen LogP contribution is 2.34. The molecule has 0 saturated heterocycles. The lowest BCUT2D eigenvalue weighted by Gasteiger charge is -2.15. The van der Waals surface area contributed by atoms with Crippen LogP contribution in [0.5, 0.6) is 0 Å². The fourth-order valence-corrected chi connectivity index (χ4v) is 2.15. The number of nitrogens with two attached hydrogens (primary N) is 1. The van der Waals surface area contributed by atoms with Crippen molar-refractivity contribution in [2.24, 2.45) is 11.8 Å². The molecule has 0 aromatic carbocycles. The molecule has 1 saturated carbocycles. The number of rotatable bonds is 10. The standard InChI is InChI=1S/C13H28N2/c1-2-3-4-5-6-7-13(15-14)11-10-12-8-9-12/h12-13,15H,2-11,14H2,1H3. The molecule has 0 heterocycles. The van der Waals surface area contributed by atoms with Crippen molar-refractivity contribution in [1.82, 2.24) is 5.43 Å². The van der Waals surface area contributed by atoms with E-state index in [0.717, 1.165) is 5.92 Å². The summed E-state index contributed by atoms with van der Waals surface area (Å²) in [5, 5.41) is 0. The number of unbranched alkanes of at least 4 members (excludes halogenated alkanes) is 4. The molecule has 0 aromatic heterocycles. The summed E-state index contributed by atoms with van der Waals surface area (Å²) >= 11 is 0. The molecule has 1 aliphatic rings. The highest BCUT2D eigenvalue weighted by molar-refractivity contribution is 4.76. The SMILES string of the molecule is CCCCCCCC(CCC1CC1)NN. The van der Waals surface area contributed by atoms with Crippen molar-refractivity contribution in [3.8, 4) is 0 Å². The predicted molar refractivity (Wildman–Crippen MR) is 66.4 cm³/mol. The van der Waals surface area contributed by atoms with E-state index in [9.17, 15) is 0 Å². The van der Waals surface area contributed by atoms with Gasteiger partial charge in [0.15, 0.2) is 0 Å². The van der Waals surface area contributed by atoms with Crippen LogP contribution in [0.4, 0.5) is 0 Å². The van der Waals surface area contributed by atoms with Crippen LogP contribution in [0.1, 0.15) is 71.1 Å². The van der Waals surface area contributed by atoms with E-state index in [1.165, 1.54) is 64.2 Å². The van der Waals surface area contributed by atoms with Crippen LogP contribution in [0.2, 0.25) is 0 Å². The summed E-state index contributed by atoms with van der Waals surface area (Å²) in [6.07, 6.45) is 13.7. The fraction of sp³-hybridized carbons (Fsp3) is 1.00. The van der Waals surface area contributed by atoms with Crippen LogP contribution in [-0.2, 0) is 0 Å². The molecule has 1 fully saturated rings. The van der Waals surface area contributed by atoms with Crippen LogP contribution in [0.25, 0.3) is 0 Å². The van der Waals surface area contributed by atoms with E-state index < -0.39 is 0 Å². The van der Waals surface area contributed by atoms with Crippen molar-refractivity contribution in [3.05, 3.63) is 0 Å². The van der Waals surface area contributed by atoms with E-state index in [4.69, 9.17) is 5.84 Å². The van der Waals surface area contributed by atoms with Gasteiger partial charge in [-0.15, -0.1) is 0 Å². The Morgan fingerprint density at radius 2 is 1.87 bits per heavy atom. The van der Waals surface area contributed by atoms with Gasteiger partial charge in [-0.3, -0.25) is 11.3 Å². The lowest BCUT2D eigenvalue weighted by atomic mass is 10.0. The highest BCUT2D eigenvalue weighted by Gasteiger charge is 2.21. The zero-order valence-corrected chi connectivity index (χ0v) is 10.3. The first-order chi connectivity index (χ1) is 7.36. The molecule has 0 aliphatic heterocycles. The molecule has 1 unspecified atom stereocenters. The predicted octanol–water partition coefficient (Wildman–Crippen LogP) is 3.37. The van der Waals surface area contributed by atoms with Gasteiger partial charge in [0.05, 0.1) is 0 Å². The van der Waals surface area contributed by atoms with Crippen molar-refractivity contribution in [2.45, 2.75) is 77.2 Å². The van der Waals surface area contributed by atoms with E-state index in [2.05, 4.69) is 12.3 Å². The Bertz CT molecular complexity index is 143. The first-order valence-electron chi connectivity index (χ1n) is 6.83. The van der Waals surface area contributed by atoms with Crippen LogP contribution < -0.4 is 11.3 Å². The van der Waals surface area contributed by atoms with Crippen molar-refractivity contribution in [3.63, 3.8) is 0 Å². The minimum atomic E-state index is 0.576. The third-order valence-corrected chi connectivity index (χ3v) is 3.51. The van der Waals surface area contributed by atoms with Gasteiger partial charge in [0.2, 0.25) is 0 Å². The van der Waals surface area contributed by atoms with Crippen LogP contribution >= 0.6 is 0 Å². The molecule has 1 atom stereocenters. The van der Waals surface area contributed by atoms with Crippen molar-refractivity contribution in [1.29, 1.82) is 0 Å². The number of hydrogen-bond acceptors (Lipinski definition) is 2. The Morgan fingerprint density at radius 3 is 2.47 bits per heavy atom. The Morgan fingerprint density at radius 1 is 1.13 bits per heavy atom. The second-order valence-electron chi connectivity index (χ2n) is 5.09. The number of nitrogens with one attached hydrogen (secondary N) is 1. The molecule has 0 spiro atoms. The maximum Gasteiger partial charge on any atom is 0.0210 e. The van der Waals surface area contributed by atoms with E-state index in [0.29, 0.717) is 6.04 Å². The second-order valence-corrected chi connectivity index (χ2v) is 5.09. The Kier molecular flexibility index (Phi) is 7.03. The molecule has 3 N–H and O–H groups in total. The average Bonchev–Trinajstić information content (AvgIpc) is 3.06. The quantitative estimate of drug-likeness (QED) is 0.331. The van der Waals surface area contributed by atoms with Crippen molar-refractivity contribution in [2.75, 3.05) is 0 Å². The third-order valence-electron chi connectivity index (χ3n) is 3.51. The topological polar surface area (TPSA) is 38.0 Å². The molecule has 2 nitrogen and oxygen atoms in total. The maximum atomic E-state index is 5.57. The van der Waals surface area contributed by atoms with Crippen LogP contribution in [0.3, 0.4) is 0 Å². The van der Waals surface area contributed by atoms with Crippen molar-refractivity contribution < 1.29 is 0 Å². The van der Waals surface area contributed by atoms with Crippen LogP contribution in [0, 0.1) is 5.92 Å². The van der Waals surface area contributed by atoms with Gasteiger partial charge >= 0.3 is 0 Å². The molecular formula is C13H28N2. The monoisotopic (exact) mass is 212 g/mol. The smallest absolute Gasteiger partial charge is 0.0210 e. The Hall–Kier alpha value is -0.0800. The van der Waals surface area contributed by atoms with Crippen LogP contribution in [-0.4, -0.2) is 6.04 Å². The van der Waals surface area contributed by atoms with Gasteiger partial charge in [-0.05, 0) is 25.2 Å². The van der Waals surface area contributed by atoms with E-state index in [-0.39, 0.29) is 0 Å². The van der Waals surface area contributed by atoms with E-state index in [1.54, 1.807) is 0 Å². The largest absolute Gasteiger partial charge is 0.271 e. The maximum absolute atomic E-state index is 5.57. The van der Waals surface area contributed by atoms with E-state index in [1.807, 2.05) is 0 Å². The van der Waals surface area contributed by atoms with Gasteiger partial charge < -0.3 is 0 Å². The summed E-state index contributed by atoms with van der Waals surface area (Å²) < 4.78 is 0. The van der Waals surface area contributed by atoms with Gasteiger partial charge in [-0.1, -0.05) is 51.9 Å². The average molecular weight is 212 g/mol. The van der Waals surface area contributed by atoms with Crippen molar-refractivity contribution >= 4 is 0 Å². The molecule has 2 heteroatoms. The molecule has 15 heavy (non-hydrogen) atoms. The first kappa shape index (κ1) is 13.0.